The van der Waals surface area contributed by atoms with E-state index in [0.29, 0.717) is 13.1 Å². The molecule has 0 radical (unpaired) electrons. The molecule has 1 saturated heterocycles. The van der Waals surface area contributed by atoms with Gasteiger partial charge >= 0.3 is 0 Å². The first-order valence-electron chi connectivity index (χ1n) is 8.86. The lowest BCUT2D eigenvalue weighted by molar-refractivity contribution is 0.122. The predicted octanol–water partition coefficient (Wildman–Crippen LogP) is 3.66. The number of morpholine rings is 1. The molecule has 7 heteroatoms. The van der Waals surface area contributed by atoms with Gasteiger partial charge < -0.3 is 20.3 Å². The molecule has 2 aromatic rings. The van der Waals surface area contributed by atoms with E-state index in [0.717, 1.165) is 42.8 Å². The minimum Gasteiger partial charge on any atom is -0.378 e. The van der Waals surface area contributed by atoms with E-state index < -0.39 is 0 Å². The Morgan fingerprint density at radius 3 is 2.41 bits per heavy atom. The molecule has 0 spiro atoms. The molecule has 0 atom stereocenters. The van der Waals surface area contributed by atoms with E-state index in [9.17, 15) is 0 Å². The maximum absolute atomic E-state index is 5.93. The van der Waals surface area contributed by atoms with Gasteiger partial charge in [0, 0.05) is 43.9 Å². The molecule has 3 rings (SSSR count). The lowest BCUT2D eigenvalue weighted by Gasteiger charge is -2.30. The lowest BCUT2D eigenvalue weighted by atomic mass is 10.1. The fraction of sp³-hybridized carbons (Fsp3) is 0.350. The summed E-state index contributed by atoms with van der Waals surface area (Å²) < 4.78 is 5.46. The van der Waals surface area contributed by atoms with Crippen LogP contribution in [0.2, 0.25) is 5.02 Å². The van der Waals surface area contributed by atoms with Crippen molar-refractivity contribution in [2.75, 3.05) is 38.3 Å². The second-order valence-corrected chi connectivity index (χ2v) is 6.57. The van der Waals surface area contributed by atoms with E-state index in [1.165, 1.54) is 11.3 Å². The normalized spacial score (nSPS) is 14.4. The van der Waals surface area contributed by atoms with Gasteiger partial charge in [0.1, 0.15) is 0 Å². The smallest absolute Gasteiger partial charge is 0.191 e. The molecule has 2 N–H and O–H groups in total. The number of guanidine groups is 1. The first kappa shape index (κ1) is 21.8. The molecular weight excluding hydrogens is 475 g/mol. The van der Waals surface area contributed by atoms with Crippen LogP contribution in [0.3, 0.4) is 0 Å². The molecular formula is C20H26ClIN4O. The summed E-state index contributed by atoms with van der Waals surface area (Å²) in [4.78, 5) is 6.69. The summed E-state index contributed by atoms with van der Waals surface area (Å²) in [5.74, 6) is 0.775. The predicted molar refractivity (Wildman–Crippen MR) is 123 cm³/mol. The summed E-state index contributed by atoms with van der Waals surface area (Å²) in [5.41, 5.74) is 3.67. The SMILES string of the molecule is CN=C(NCc1ccc(Cl)cc1)NCc1ccccc1N1CCOCC1.I. The van der Waals surface area contributed by atoms with E-state index >= 15 is 0 Å². The highest BCUT2D eigenvalue weighted by atomic mass is 127. The van der Waals surface area contributed by atoms with Crippen LogP contribution in [0.5, 0.6) is 0 Å². The van der Waals surface area contributed by atoms with Crippen LogP contribution in [0, 0.1) is 0 Å². The Hall–Kier alpha value is -1.51. The van der Waals surface area contributed by atoms with E-state index in [4.69, 9.17) is 16.3 Å². The molecule has 2 aromatic carbocycles. The zero-order chi connectivity index (χ0) is 18.2. The Balaban J connectivity index is 0.00000261. The van der Waals surface area contributed by atoms with E-state index in [-0.39, 0.29) is 24.0 Å². The highest BCUT2D eigenvalue weighted by molar-refractivity contribution is 14.0. The van der Waals surface area contributed by atoms with Crippen LogP contribution < -0.4 is 15.5 Å². The first-order chi connectivity index (χ1) is 12.8. The molecule has 0 saturated carbocycles. The topological polar surface area (TPSA) is 48.9 Å². The average Bonchev–Trinajstić information content (AvgIpc) is 2.70. The van der Waals surface area contributed by atoms with Crippen LogP contribution in [0.15, 0.2) is 53.5 Å². The van der Waals surface area contributed by atoms with Gasteiger partial charge in [0.2, 0.25) is 0 Å². The number of ether oxygens (including phenoxy) is 1. The van der Waals surface area contributed by atoms with Crippen molar-refractivity contribution in [1.82, 2.24) is 10.6 Å². The lowest BCUT2D eigenvalue weighted by Crippen LogP contribution is -2.38. The van der Waals surface area contributed by atoms with Gasteiger partial charge in [-0.1, -0.05) is 41.9 Å². The number of aliphatic imine (C=N–C) groups is 1. The Labute approximate surface area is 183 Å². The number of hydrogen-bond donors (Lipinski definition) is 2. The molecule has 1 heterocycles. The zero-order valence-corrected chi connectivity index (χ0v) is 18.5. The third-order valence-corrected chi connectivity index (χ3v) is 4.64. The standard InChI is InChI=1S/C20H25ClN4O.HI/c1-22-20(23-14-16-6-8-18(21)9-7-16)24-15-17-4-2-3-5-19(17)25-10-12-26-13-11-25;/h2-9H,10-15H2,1H3,(H2,22,23,24);1H. The van der Waals surface area contributed by atoms with Crippen molar-refractivity contribution in [3.63, 3.8) is 0 Å². The van der Waals surface area contributed by atoms with Crippen molar-refractivity contribution in [2.24, 2.45) is 4.99 Å². The maximum Gasteiger partial charge on any atom is 0.191 e. The Morgan fingerprint density at radius 2 is 1.70 bits per heavy atom. The quantitative estimate of drug-likeness (QED) is 0.374. The minimum absolute atomic E-state index is 0. The van der Waals surface area contributed by atoms with Crippen LogP contribution in [0.1, 0.15) is 11.1 Å². The molecule has 1 fully saturated rings. The van der Waals surface area contributed by atoms with Crippen molar-refractivity contribution in [3.05, 3.63) is 64.7 Å². The van der Waals surface area contributed by atoms with Crippen molar-refractivity contribution in [1.29, 1.82) is 0 Å². The molecule has 0 aliphatic carbocycles. The average molecular weight is 501 g/mol. The third-order valence-electron chi connectivity index (χ3n) is 4.39. The minimum atomic E-state index is 0. The summed E-state index contributed by atoms with van der Waals surface area (Å²) >= 11 is 5.93. The van der Waals surface area contributed by atoms with Crippen molar-refractivity contribution >= 4 is 47.2 Å². The van der Waals surface area contributed by atoms with Gasteiger partial charge in [-0.25, -0.2) is 0 Å². The number of rotatable bonds is 5. The second kappa shape index (κ2) is 11.4. The first-order valence-corrected chi connectivity index (χ1v) is 9.23. The molecule has 1 aliphatic rings. The highest BCUT2D eigenvalue weighted by Gasteiger charge is 2.14. The van der Waals surface area contributed by atoms with Gasteiger partial charge in [0.15, 0.2) is 5.96 Å². The number of nitrogens with one attached hydrogen (secondary N) is 2. The molecule has 27 heavy (non-hydrogen) atoms. The second-order valence-electron chi connectivity index (χ2n) is 6.13. The third kappa shape index (κ3) is 6.55. The van der Waals surface area contributed by atoms with E-state index in [2.05, 4.69) is 44.8 Å². The Bertz CT molecular complexity index is 733. The summed E-state index contributed by atoms with van der Waals surface area (Å²) in [6, 6.07) is 16.3. The van der Waals surface area contributed by atoms with Gasteiger partial charge in [-0.05, 0) is 29.3 Å². The molecule has 1 aliphatic heterocycles. The van der Waals surface area contributed by atoms with Gasteiger partial charge in [-0.3, -0.25) is 4.99 Å². The van der Waals surface area contributed by atoms with Crippen LogP contribution in [0.4, 0.5) is 5.69 Å². The Morgan fingerprint density at radius 1 is 1.04 bits per heavy atom. The summed E-state index contributed by atoms with van der Waals surface area (Å²) in [7, 11) is 1.78. The number of hydrogen-bond acceptors (Lipinski definition) is 3. The van der Waals surface area contributed by atoms with Gasteiger partial charge in [-0.15, -0.1) is 24.0 Å². The van der Waals surface area contributed by atoms with Crippen molar-refractivity contribution in [3.8, 4) is 0 Å². The largest absolute Gasteiger partial charge is 0.378 e. The van der Waals surface area contributed by atoms with Crippen molar-refractivity contribution in [2.45, 2.75) is 13.1 Å². The summed E-state index contributed by atoms with van der Waals surface area (Å²) in [6.45, 7) is 4.84. The number of para-hydroxylation sites is 1. The number of benzene rings is 2. The molecule has 146 valence electrons. The Kier molecular flexibility index (Phi) is 9.17. The number of anilines is 1. The number of nitrogens with zero attached hydrogens (tertiary/aromatic N) is 2. The van der Waals surface area contributed by atoms with E-state index in [1.807, 2.05) is 24.3 Å². The molecule has 5 nitrogen and oxygen atoms in total. The van der Waals surface area contributed by atoms with Crippen LogP contribution in [-0.2, 0) is 17.8 Å². The van der Waals surface area contributed by atoms with Crippen LogP contribution in [-0.4, -0.2) is 39.3 Å². The molecule has 0 amide bonds. The summed E-state index contributed by atoms with van der Waals surface area (Å²) in [5, 5.41) is 7.48. The monoisotopic (exact) mass is 500 g/mol. The van der Waals surface area contributed by atoms with Gasteiger partial charge in [0.05, 0.1) is 13.2 Å². The molecule has 0 aromatic heterocycles. The fourth-order valence-electron chi connectivity index (χ4n) is 2.96. The van der Waals surface area contributed by atoms with Crippen LogP contribution in [0.25, 0.3) is 0 Å². The van der Waals surface area contributed by atoms with Gasteiger partial charge in [0.25, 0.3) is 0 Å². The van der Waals surface area contributed by atoms with Gasteiger partial charge in [-0.2, -0.15) is 0 Å². The van der Waals surface area contributed by atoms with Crippen molar-refractivity contribution < 1.29 is 4.74 Å². The molecule has 0 unspecified atom stereocenters. The summed E-state index contributed by atoms with van der Waals surface area (Å²) in [6.07, 6.45) is 0. The zero-order valence-electron chi connectivity index (χ0n) is 15.5. The van der Waals surface area contributed by atoms with Crippen LogP contribution >= 0.6 is 35.6 Å². The highest BCUT2D eigenvalue weighted by Crippen LogP contribution is 2.21. The maximum atomic E-state index is 5.93. The number of halogens is 2. The fourth-order valence-corrected chi connectivity index (χ4v) is 3.09. The van der Waals surface area contributed by atoms with E-state index in [1.54, 1.807) is 7.05 Å². The molecule has 0 bridgehead atoms.